The van der Waals surface area contributed by atoms with E-state index < -0.39 is 0 Å². The van der Waals surface area contributed by atoms with Crippen LogP contribution in [-0.4, -0.2) is 10.1 Å². The predicted octanol–water partition coefficient (Wildman–Crippen LogP) is 4.86. The first-order chi connectivity index (χ1) is 10.2. The molecule has 0 unspecified atom stereocenters. The van der Waals surface area contributed by atoms with Crippen LogP contribution in [0.15, 0.2) is 48.7 Å². The van der Waals surface area contributed by atoms with E-state index in [4.69, 9.17) is 23.2 Å². The average molecular weight is 319 g/mol. The Balaban J connectivity index is 1.94. The van der Waals surface area contributed by atoms with Crippen LogP contribution in [0.5, 0.6) is 5.75 Å². The highest BCUT2D eigenvalue weighted by Crippen LogP contribution is 2.30. The lowest BCUT2D eigenvalue weighted by atomic mass is 10.1. The second kappa shape index (κ2) is 5.80. The zero-order valence-electron chi connectivity index (χ0n) is 11.0. The van der Waals surface area contributed by atoms with Gasteiger partial charge in [0.2, 0.25) is 0 Å². The number of nitrogens with zero attached hydrogens (tertiary/aromatic N) is 1. The van der Waals surface area contributed by atoms with Crippen molar-refractivity contribution in [3.8, 4) is 5.75 Å². The molecule has 0 aliphatic heterocycles. The van der Waals surface area contributed by atoms with Crippen LogP contribution in [0.1, 0.15) is 5.56 Å². The van der Waals surface area contributed by atoms with Gasteiger partial charge in [0, 0.05) is 28.7 Å². The third kappa shape index (κ3) is 2.75. The van der Waals surface area contributed by atoms with E-state index in [1.807, 2.05) is 24.3 Å². The van der Waals surface area contributed by atoms with Crippen molar-refractivity contribution in [1.29, 1.82) is 0 Å². The molecule has 3 nitrogen and oxygen atoms in total. The number of phenolic OH excluding ortho intramolecular Hbond substituents is 1. The number of pyridine rings is 1. The molecule has 0 radical (unpaired) electrons. The summed E-state index contributed by atoms with van der Waals surface area (Å²) in [6.45, 7) is 0.402. The summed E-state index contributed by atoms with van der Waals surface area (Å²) in [7, 11) is 0. The van der Waals surface area contributed by atoms with Gasteiger partial charge in [-0.1, -0.05) is 29.3 Å². The standard InChI is InChI=1S/C16H12Cl2N2O/c17-12-4-1-5-15(21)11(12)9-20-14-7-6-13(18)10-3-2-8-19-16(10)14/h1-8,20-21H,9H2. The third-order valence-electron chi connectivity index (χ3n) is 3.27. The third-order valence-corrected chi connectivity index (χ3v) is 3.95. The topological polar surface area (TPSA) is 45.1 Å². The molecule has 0 spiro atoms. The molecule has 0 saturated heterocycles. The summed E-state index contributed by atoms with van der Waals surface area (Å²) >= 11 is 12.3. The van der Waals surface area contributed by atoms with Gasteiger partial charge in [-0.25, -0.2) is 0 Å². The number of phenols is 1. The average Bonchev–Trinajstić information content (AvgIpc) is 2.49. The Hall–Kier alpha value is -1.97. The van der Waals surface area contributed by atoms with Gasteiger partial charge >= 0.3 is 0 Å². The molecular weight excluding hydrogens is 307 g/mol. The molecule has 3 aromatic rings. The monoisotopic (exact) mass is 318 g/mol. The number of hydrogen-bond acceptors (Lipinski definition) is 3. The van der Waals surface area contributed by atoms with Gasteiger partial charge in [-0.3, -0.25) is 4.98 Å². The summed E-state index contributed by atoms with van der Waals surface area (Å²) in [5.41, 5.74) is 2.28. The second-order valence-electron chi connectivity index (χ2n) is 4.59. The van der Waals surface area contributed by atoms with Crippen LogP contribution in [0.3, 0.4) is 0 Å². The fourth-order valence-corrected chi connectivity index (χ4v) is 2.64. The highest BCUT2D eigenvalue weighted by Gasteiger charge is 2.09. The van der Waals surface area contributed by atoms with Crippen LogP contribution in [0.25, 0.3) is 10.9 Å². The van der Waals surface area contributed by atoms with Crippen molar-refractivity contribution < 1.29 is 5.11 Å². The zero-order chi connectivity index (χ0) is 14.8. The first-order valence-corrected chi connectivity index (χ1v) is 7.16. The Morgan fingerprint density at radius 1 is 1.00 bits per heavy atom. The minimum absolute atomic E-state index is 0.168. The molecule has 2 aromatic carbocycles. The maximum Gasteiger partial charge on any atom is 0.122 e. The Morgan fingerprint density at radius 3 is 2.67 bits per heavy atom. The zero-order valence-corrected chi connectivity index (χ0v) is 12.5. The van der Waals surface area contributed by atoms with E-state index in [1.165, 1.54) is 0 Å². The Kier molecular flexibility index (Phi) is 3.86. The van der Waals surface area contributed by atoms with Crippen molar-refractivity contribution >= 4 is 39.8 Å². The van der Waals surface area contributed by atoms with Crippen LogP contribution in [0.4, 0.5) is 5.69 Å². The molecule has 5 heteroatoms. The van der Waals surface area contributed by atoms with Gasteiger partial charge in [0.25, 0.3) is 0 Å². The summed E-state index contributed by atoms with van der Waals surface area (Å²) in [6, 6.07) is 12.5. The first-order valence-electron chi connectivity index (χ1n) is 6.40. The van der Waals surface area contributed by atoms with Crippen LogP contribution >= 0.6 is 23.2 Å². The van der Waals surface area contributed by atoms with Crippen molar-refractivity contribution in [2.24, 2.45) is 0 Å². The quantitative estimate of drug-likeness (QED) is 0.725. The molecule has 21 heavy (non-hydrogen) atoms. The number of hydrogen-bond donors (Lipinski definition) is 2. The molecule has 0 amide bonds. The van der Waals surface area contributed by atoms with E-state index in [1.54, 1.807) is 24.4 Å². The van der Waals surface area contributed by atoms with Gasteiger partial charge in [0.15, 0.2) is 0 Å². The minimum atomic E-state index is 0.168. The van der Waals surface area contributed by atoms with Gasteiger partial charge in [-0.05, 0) is 36.4 Å². The molecule has 0 fully saturated rings. The van der Waals surface area contributed by atoms with Crippen molar-refractivity contribution in [1.82, 2.24) is 4.98 Å². The SMILES string of the molecule is Oc1cccc(Cl)c1CNc1ccc(Cl)c2cccnc12. The minimum Gasteiger partial charge on any atom is -0.508 e. The molecule has 0 saturated carbocycles. The molecular formula is C16H12Cl2N2O. The molecule has 0 aliphatic carbocycles. The molecule has 0 atom stereocenters. The maximum atomic E-state index is 9.87. The number of rotatable bonds is 3. The summed E-state index contributed by atoms with van der Waals surface area (Å²) in [5.74, 6) is 0.168. The number of benzene rings is 2. The fraction of sp³-hybridized carbons (Fsp3) is 0.0625. The predicted molar refractivity (Wildman–Crippen MR) is 87.2 cm³/mol. The summed E-state index contributed by atoms with van der Waals surface area (Å²) in [5, 5.41) is 15.2. The van der Waals surface area contributed by atoms with Gasteiger partial charge in [0.05, 0.1) is 16.2 Å². The van der Waals surface area contributed by atoms with E-state index in [0.29, 0.717) is 22.2 Å². The molecule has 106 valence electrons. The molecule has 1 aromatic heterocycles. The van der Waals surface area contributed by atoms with Crippen LogP contribution in [0, 0.1) is 0 Å². The Morgan fingerprint density at radius 2 is 1.86 bits per heavy atom. The number of nitrogens with one attached hydrogen (secondary N) is 1. The lowest BCUT2D eigenvalue weighted by Crippen LogP contribution is -2.01. The molecule has 0 aliphatic rings. The van der Waals surface area contributed by atoms with E-state index in [2.05, 4.69) is 10.3 Å². The second-order valence-corrected chi connectivity index (χ2v) is 5.40. The summed E-state index contributed by atoms with van der Waals surface area (Å²) in [6.07, 6.45) is 1.72. The highest BCUT2D eigenvalue weighted by atomic mass is 35.5. The molecule has 0 bridgehead atoms. The number of fused-ring (bicyclic) bond motifs is 1. The number of aromatic nitrogens is 1. The Bertz CT molecular complexity index is 785. The van der Waals surface area contributed by atoms with Gasteiger partial charge < -0.3 is 10.4 Å². The fourth-order valence-electron chi connectivity index (χ4n) is 2.19. The van der Waals surface area contributed by atoms with Gasteiger partial charge in [0.1, 0.15) is 5.75 Å². The van der Waals surface area contributed by atoms with E-state index in [0.717, 1.165) is 16.6 Å². The number of halogens is 2. The van der Waals surface area contributed by atoms with Crippen molar-refractivity contribution in [3.05, 3.63) is 64.3 Å². The van der Waals surface area contributed by atoms with E-state index >= 15 is 0 Å². The van der Waals surface area contributed by atoms with Crippen LogP contribution in [-0.2, 0) is 6.54 Å². The normalized spacial score (nSPS) is 10.8. The van der Waals surface area contributed by atoms with E-state index in [-0.39, 0.29) is 5.75 Å². The molecule has 1 heterocycles. The lowest BCUT2D eigenvalue weighted by Gasteiger charge is -2.12. The van der Waals surface area contributed by atoms with Crippen LogP contribution in [0.2, 0.25) is 10.0 Å². The number of aromatic hydroxyl groups is 1. The lowest BCUT2D eigenvalue weighted by molar-refractivity contribution is 0.469. The van der Waals surface area contributed by atoms with Gasteiger partial charge in [-0.2, -0.15) is 0 Å². The first kappa shape index (κ1) is 14.0. The Labute approximate surface area is 132 Å². The largest absolute Gasteiger partial charge is 0.508 e. The molecule has 2 N–H and O–H groups in total. The maximum absolute atomic E-state index is 9.87. The highest BCUT2D eigenvalue weighted by molar-refractivity contribution is 6.35. The molecule has 3 rings (SSSR count). The van der Waals surface area contributed by atoms with Crippen molar-refractivity contribution in [2.45, 2.75) is 6.54 Å². The number of anilines is 1. The van der Waals surface area contributed by atoms with Crippen molar-refractivity contribution in [2.75, 3.05) is 5.32 Å². The smallest absolute Gasteiger partial charge is 0.122 e. The van der Waals surface area contributed by atoms with Gasteiger partial charge in [-0.15, -0.1) is 0 Å². The summed E-state index contributed by atoms with van der Waals surface area (Å²) in [4.78, 5) is 4.36. The summed E-state index contributed by atoms with van der Waals surface area (Å²) < 4.78 is 0. The van der Waals surface area contributed by atoms with Crippen molar-refractivity contribution in [3.63, 3.8) is 0 Å². The van der Waals surface area contributed by atoms with E-state index in [9.17, 15) is 5.11 Å². The van der Waals surface area contributed by atoms with Crippen LogP contribution < -0.4 is 5.32 Å².